The lowest BCUT2D eigenvalue weighted by molar-refractivity contribution is -0.172. The molecule has 0 spiro atoms. The maximum Gasteiger partial charge on any atom is 0.343 e. The number of cyclic esters (lactones) is 1. The minimum atomic E-state index is -1.90. The third kappa shape index (κ3) is 2.88. The quantitative estimate of drug-likeness (QED) is 0.370. The van der Waals surface area contributed by atoms with Gasteiger partial charge in [-0.3, -0.25) is 9.69 Å². The van der Waals surface area contributed by atoms with E-state index in [1.807, 2.05) is 48.5 Å². The summed E-state index contributed by atoms with van der Waals surface area (Å²) in [6, 6.07) is 16.7. The number of benzene rings is 2. The number of aromatic nitrogens is 2. The van der Waals surface area contributed by atoms with E-state index in [1.54, 1.807) is 22.5 Å². The molecule has 2 aromatic heterocycles. The zero-order chi connectivity index (χ0) is 25.5. The predicted octanol–water partition coefficient (Wildman–Crippen LogP) is 3.63. The van der Waals surface area contributed by atoms with E-state index in [-0.39, 0.29) is 42.3 Å². The molecule has 37 heavy (non-hydrogen) atoms. The predicted molar refractivity (Wildman–Crippen MR) is 136 cm³/mol. The van der Waals surface area contributed by atoms with Crippen molar-refractivity contribution in [1.82, 2.24) is 9.55 Å². The van der Waals surface area contributed by atoms with Crippen LogP contribution in [-0.2, 0) is 34.8 Å². The number of ether oxygens (including phenoxy) is 1. The standard InChI is InChI=1S/C28H22N4O5/c1-2-28(36)18-11-21-23-16(13-31(21)25(33)17(18)14-37-26(28)34)24-22-19(29-23)9-6-10-20(22)30-27(35)32(24)12-15-7-4-3-5-8-15/h3-11,36H,2,12-14H2,1H3,(H,30,35)/t28-/m0/s1. The van der Waals surface area contributed by atoms with Gasteiger partial charge >= 0.3 is 12.0 Å². The molecular formula is C28H22N4O5. The van der Waals surface area contributed by atoms with Crippen LogP contribution in [0.2, 0.25) is 0 Å². The number of pyridine rings is 2. The van der Waals surface area contributed by atoms with Crippen molar-refractivity contribution in [2.45, 2.75) is 38.6 Å². The molecule has 0 unspecified atom stereocenters. The first-order valence-electron chi connectivity index (χ1n) is 12.2. The summed E-state index contributed by atoms with van der Waals surface area (Å²) in [6.07, 6.45) is 0.0688. The number of amides is 2. The van der Waals surface area contributed by atoms with E-state index in [0.717, 1.165) is 16.5 Å². The SMILES string of the molecule is CC[C@@]1(O)C(=O)OCc2c1cc1n(c2=O)Cc2c-1nc1cccc3c1c2N(Cc1ccccc1)C(=O)N3. The van der Waals surface area contributed by atoms with Crippen molar-refractivity contribution in [3.05, 3.63) is 87.2 Å². The molecule has 9 nitrogen and oxygen atoms in total. The Hall–Kier alpha value is -4.50. The second-order valence-electron chi connectivity index (χ2n) is 9.59. The molecule has 9 heteroatoms. The van der Waals surface area contributed by atoms with E-state index in [4.69, 9.17) is 9.72 Å². The van der Waals surface area contributed by atoms with Gasteiger partial charge in [0.25, 0.3) is 5.56 Å². The van der Waals surface area contributed by atoms with Crippen LogP contribution in [-0.4, -0.2) is 26.7 Å². The van der Waals surface area contributed by atoms with Gasteiger partial charge in [0, 0.05) is 16.5 Å². The number of esters is 1. The van der Waals surface area contributed by atoms with Gasteiger partial charge in [-0.15, -0.1) is 0 Å². The zero-order valence-electron chi connectivity index (χ0n) is 19.9. The van der Waals surface area contributed by atoms with Gasteiger partial charge in [0.05, 0.1) is 46.9 Å². The molecule has 184 valence electrons. The Kier molecular flexibility index (Phi) is 4.41. The number of carbonyl (C=O) groups is 2. The third-order valence-electron chi connectivity index (χ3n) is 7.63. The average molecular weight is 495 g/mol. The largest absolute Gasteiger partial charge is 0.458 e. The maximum atomic E-state index is 13.6. The molecule has 0 saturated heterocycles. The van der Waals surface area contributed by atoms with E-state index in [2.05, 4.69) is 5.32 Å². The minimum Gasteiger partial charge on any atom is -0.458 e. The Balaban J connectivity index is 1.50. The monoisotopic (exact) mass is 494 g/mol. The summed E-state index contributed by atoms with van der Waals surface area (Å²) >= 11 is 0. The lowest BCUT2D eigenvalue weighted by Gasteiger charge is -2.31. The summed E-state index contributed by atoms with van der Waals surface area (Å²) in [6.45, 7) is 2.03. The first-order chi connectivity index (χ1) is 17.9. The summed E-state index contributed by atoms with van der Waals surface area (Å²) in [5.74, 6) is -0.762. The third-order valence-corrected chi connectivity index (χ3v) is 7.63. The fourth-order valence-electron chi connectivity index (χ4n) is 5.71. The van der Waals surface area contributed by atoms with Crippen LogP contribution in [0, 0.1) is 0 Å². The van der Waals surface area contributed by atoms with Crippen LogP contribution in [0.4, 0.5) is 16.2 Å². The van der Waals surface area contributed by atoms with E-state index in [0.29, 0.717) is 34.8 Å². The van der Waals surface area contributed by atoms with Crippen molar-refractivity contribution in [2.24, 2.45) is 0 Å². The lowest BCUT2D eigenvalue weighted by Crippen LogP contribution is -2.44. The number of anilines is 2. The van der Waals surface area contributed by atoms with Gasteiger partial charge in [0.2, 0.25) is 0 Å². The van der Waals surface area contributed by atoms with Crippen LogP contribution in [0.15, 0.2) is 59.4 Å². The lowest BCUT2D eigenvalue weighted by atomic mass is 9.86. The zero-order valence-corrected chi connectivity index (χ0v) is 19.9. The second-order valence-corrected chi connectivity index (χ2v) is 9.59. The molecule has 5 heterocycles. The van der Waals surface area contributed by atoms with Gasteiger partial charge < -0.3 is 19.7 Å². The van der Waals surface area contributed by atoms with E-state index >= 15 is 0 Å². The van der Waals surface area contributed by atoms with Crippen LogP contribution in [0.1, 0.15) is 35.6 Å². The molecule has 4 aromatic rings. The minimum absolute atomic E-state index is 0.0688. The number of urea groups is 1. The van der Waals surface area contributed by atoms with Gasteiger partial charge in [-0.1, -0.05) is 43.3 Å². The molecule has 7 rings (SSSR count). The summed E-state index contributed by atoms with van der Waals surface area (Å²) in [4.78, 5) is 46.1. The van der Waals surface area contributed by atoms with Crippen molar-refractivity contribution in [2.75, 3.05) is 10.2 Å². The molecule has 0 saturated carbocycles. The smallest absolute Gasteiger partial charge is 0.343 e. The van der Waals surface area contributed by atoms with E-state index in [9.17, 15) is 19.5 Å². The number of aliphatic hydroxyl groups is 1. The van der Waals surface area contributed by atoms with Gasteiger partial charge in [0.1, 0.15) is 6.61 Å². The molecule has 0 fully saturated rings. The van der Waals surface area contributed by atoms with Gasteiger partial charge in [-0.25, -0.2) is 14.6 Å². The molecule has 2 amide bonds. The van der Waals surface area contributed by atoms with Gasteiger partial charge in [-0.2, -0.15) is 0 Å². The highest BCUT2D eigenvalue weighted by Crippen LogP contribution is 2.46. The molecule has 0 aliphatic carbocycles. The highest BCUT2D eigenvalue weighted by Gasteiger charge is 2.46. The van der Waals surface area contributed by atoms with Crippen LogP contribution < -0.4 is 15.8 Å². The molecule has 0 radical (unpaired) electrons. The normalized spacial score (nSPS) is 19.2. The Bertz CT molecular complexity index is 1730. The van der Waals surface area contributed by atoms with Crippen molar-refractivity contribution in [1.29, 1.82) is 0 Å². The number of rotatable bonds is 3. The second kappa shape index (κ2) is 7.50. The summed E-state index contributed by atoms with van der Waals surface area (Å²) < 4.78 is 6.77. The highest BCUT2D eigenvalue weighted by atomic mass is 16.6. The van der Waals surface area contributed by atoms with Crippen LogP contribution in [0.3, 0.4) is 0 Å². The van der Waals surface area contributed by atoms with E-state index < -0.39 is 11.6 Å². The van der Waals surface area contributed by atoms with E-state index in [1.165, 1.54) is 0 Å². The number of carbonyl (C=O) groups excluding carboxylic acids is 2. The molecular weight excluding hydrogens is 472 g/mol. The Morgan fingerprint density at radius 3 is 2.68 bits per heavy atom. The maximum absolute atomic E-state index is 13.6. The fourth-order valence-corrected chi connectivity index (χ4v) is 5.71. The first kappa shape index (κ1) is 21.8. The Morgan fingerprint density at radius 1 is 1.08 bits per heavy atom. The summed E-state index contributed by atoms with van der Waals surface area (Å²) in [5, 5.41) is 14.9. The van der Waals surface area contributed by atoms with Crippen LogP contribution in [0.25, 0.3) is 22.3 Å². The fraction of sp³-hybridized carbons (Fsp3) is 0.214. The number of nitrogens with zero attached hydrogens (tertiary/aromatic N) is 3. The van der Waals surface area contributed by atoms with Gasteiger partial charge in [-0.05, 0) is 30.2 Å². The molecule has 0 bridgehead atoms. The van der Waals surface area contributed by atoms with Crippen molar-refractivity contribution >= 4 is 34.3 Å². The van der Waals surface area contributed by atoms with Crippen molar-refractivity contribution < 1.29 is 19.4 Å². The molecule has 3 aliphatic rings. The number of hydrogen-bond donors (Lipinski definition) is 2. The number of hydrogen-bond acceptors (Lipinski definition) is 6. The van der Waals surface area contributed by atoms with Crippen molar-refractivity contribution in [3.8, 4) is 11.4 Å². The van der Waals surface area contributed by atoms with Crippen LogP contribution in [0.5, 0.6) is 0 Å². The molecule has 3 aliphatic heterocycles. The molecule has 1 atom stereocenters. The Morgan fingerprint density at radius 2 is 1.89 bits per heavy atom. The first-order valence-corrected chi connectivity index (χ1v) is 12.2. The van der Waals surface area contributed by atoms with Crippen molar-refractivity contribution in [3.63, 3.8) is 0 Å². The molecule has 2 N–H and O–H groups in total. The number of nitrogens with one attached hydrogen (secondary N) is 1. The van der Waals surface area contributed by atoms with Gasteiger partial charge in [0.15, 0.2) is 5.60 Å². The molecule has 2 aromatic carbocycles. The average Bonchev–Trinajstić information content (AvgIpc) is 3.28. The summed E-state index contributed by atoms with van der Waals surface area (Å²) in [7, 11) is 0. The highest BCUT2D eigenvalue weighted by molar-refractivity contribution is 6.19. The number of fused-ring (bicyclic) bond motifs is 5. The Labute approximate surface area is 210 Å². The summed E-state index contributed by atoms with van der Waals surface area (Å²) in [5.41, 5.74) is 3.12. The van der Waals surface area contributed by atoms with Crippen LogP contribution >= 0.6 is 0 Å². The topological polar surface area (TPSA) is 114 Å².